The summed E-state index contributed by atoms with van der Waals surface area (Å²) in [6, 6.07) is 0. The molecule has 28 rings (SSSR count). The van der Waals surface area contributed by atoms with E-state index in [2.05, 4.69) is 0 Å². The van der Waals surface area contributed by atoms with Gasteiger partial charge in [-0.15, -0.1) is 0 Å². The van der Waals surface area contributed by atoms with E-state index in [9.17, 15) is 0 Å². The average molecular weight is 507 g/mol. The quantitative estimate of drug-likeness (QED) is 0.469. The lowest BCUT2D eigenvalue weighted by atomic mass is 8.40. The van der Waals surface area contributed by atoms with Crippen molar-refractivity contribution in [3.63, 3.8) is 0 Å². The predicted octanol–water partition coefficient (Wildman–Crippen LogP) is 3.77. The molecule has 28 aliphatic carbocycles. The molecule has 0 heterocycles. The molecule has 0 amide bonds. The Morgan fingerprint density at radius 3 is 0.800 bits per heavy atom. The fraction of sp³-hybridized carbons (Fsp3) is 1.00. The Bertz CT molecular complexity index is 2130. The standard InChI is InChI=1S/C40H26/c1-5-13-6-2-10-17-21-22-18-12-4-8-14-7-3-11-16-20-19-15-9(1)23(5)27(13)24(6,10)30(17)35(21)36(22)32(18)26(8,12)28(14)25(7,11)31(16)34(20)33(19)29(15,23)37(27,30)39(33,35)40(34,36)38(28,31)32/h5-22H,1-4H2. The smallest absolute Gasteiger partial charge is 0.000728 e. The maximum absolute atomic E-state index is 1.82. The van der Waals surface area contributed by atoms with Gasteiger partial charge in [-0.1, -0.05) is 0 Å². The Labute approximate surface area is 229 Å². The zero-order chi connectivity index (χ0) is 22.2. The third kappa shape index (κ3) is 0.291. The highest BCUT2D eigenvalue weighted by atomic mass is 15.7. The van der Waals surface area contributed by atoms with Crippen LogP contribution in [0.2, 0.25) is 0 Å². The van der Waals surface area contributed by atoms with E-state index in [1.54, 1.807) is 0 Å². The molecule has 28 unspecified atom stereocenters. The van der Waals surface area contributed by atoms with Crippen molar-refractivity contribution in [2.75, 3.05) is 0 Å². The molecule has 0 N–H and O–H groups in total. The van der Waals surface area contributed by atoms with Gasteiger partial charge < -0.3 is 0 Å². The van der Waals surface area contributed by atoms with Crippen LogP contribution in [0.1, 0.15) is 25.7 Å². The van der Waals surface area contributed by atoms with Crippen LogP contribution >= 0.6 is 0 Å². The SMILES string of the molecule is C1C2C3C4CC5C6C7C8C9C%10CC%11C%12C%13CC%14C%15C%16C%17C%18C1C21C32C45C63C74C85C96C%11%10C%127C%13%14C%158C%169C%17%10C%181C23C%104C95C786. The lowest BCUT2D eigenvalue weighted by Gasteiger charge is -3.62. The number of hydrogen-bond acceptors (Lipinski definition) is 0. The van der Waals surface area contributed by atoms with Crippen molar-refractivity contribution in [3.05, 3.63) is 0 Å². The van der Waals surface area contributed by atoms with Crippen LogP contribution in [0, 0.1) is 204 Å². The Kier molecular flexibility index (Phi) is 0.692. The minimum Gasteiger partial charge on any atom is -0.0458 e. The Balaban J connectivity index is 0.961. The first kappa shape index (κ1) is 13.6. The average Bonchev–Trinajstić information content (AvgIpc) is 2.81. The second-order valence-electron chi connectivity index (χ2n) is 25.6. The van der Waals surface area contributed by atoms with Gasteiger partial charge in [0.25, 0.3) is 0 Å². The summed E-state index contributed by atoms with van der Waals surface area (Å²) >= 11 is 0. The maximum atomic E-state index is 1.82. The van der Waals surface area contributed by atoms with E-state index in [0.29, 0.717) is 0 Å². The van der Waals surface area contributed by atoms with Crippen molar-refractivity contribution < 1.29 is 0 Å². The molecule has 0 bridgehead atoms. The fourth-order valence-electron chi connectivity index (χ4n) is 42.8. The van der Waals surface area contributed by atoms with Crippen molar-refractivity contribution in [1.29, 1.82) is 0 Å². The van der Waals surface area contributed by atoms with Crippen LogP contribution in [-0.2, 0) is 0 Å². The molecule has 186 valence electrons. The number of fused-ring (bicyclic) bond motifs is 14. The lowest BCUT2D eigenvalue weighted by molar-refractivity contribution is -1.18. The summed E-state index contributed by atoms with van der Waals surface area (Å²) in [4.78, 5) is 0. The Hall–Kier alpha value is 0. The van der Waals surface area contributed by atoms with Crippen LogP contribution in [0.4, 0.5) is 0 Å². The molecule has 18 spiro atoms. The molecule has 40 heavy (non-hydrogen) atoms. The molecule has 0 radical (unpaired) electrons. The van der Waals surface area contributed by atoms with E-state index in [0.717, 1.165) is 97.5 Å². The highest BCUT2D eigenvalue weighted by Crippen LogP contribution is 3.64. The van der Waals surface area contributed by atoms with Crippen molar-refractivity contribution in [1.82, 2.24) is 0 Å². The summed E-state index contributed by atoms with van der Waals surface area (Å²) in [5.74, 6) is 24.9. The summed E-state index contributed by atoms with van der Waals surface area (Å²) in [7, 11) is 0. The molecular formula is C40H26. The highest BCUT2D eigenvalue weighted by molar-refractivity contribution is 6.07. The van der Waals surface area contributed by atoms with Crippen molar-refractivity contribution >= 4 is 0 Å². The molecule has 28 aliphatic rings. The largest absolute Gasteiger partial charge is 0.0458 e. The van der Waals surface area contributed by atoms with Gasteiger partial charge in [-0.2, -0.15) is 0 Å². The molecule has 0 nitrogen and oxygen atoms in total. The molecule has 0 aromatic heterocycles. The van der Waals surface area contributed by atoms with Crippen LogP contribution in [0.15, 0.2) is 0 Å². The van der Waals surface area contributed by atoms with Crippen LogP contribution in [0.3, 0.4) is 0 Å². The van der Waals surface area contributed by atoms with Gasteiger partial charge in [-0.25, -0.2) is 0 Å². The van der Waals surface area contributed by atoms with E-state index in [1.807, 2.05) is 25.7 Å². The van der Waals surface area contributed by atoms with Gasteiger partial charge in [0.1, 0.15) is 0 Å². The monoisotopic (exact) mass is 506 g/mol. The molecule has 0 saturated heterocycles. The van der Waals surface area contributed by atoms with Crippen molar-refractivity contribution in [2.24, 2.45) is 204 Å². The van der Waals surface area contributed by atoms with Crippen molar-refractivity contribution in [3.8, 4) is 0 Å². The fourth-order valence-corrected chi connectivity index (χ4v) is 42.8. The molecule has 0 heteroatoms. The number of rotatable bonds is 0. The van der Waals surface area contributed by atoms with E-state index in [4.69, 9.17) is 0 Å². The van der Waals surface area contributed by atoms with Crippen LogP contribution in [0.5, 0.6) is 0 Å². The third-order valence-electron chi connectivity index (χ3n) is 34.1. The molecule has 28 saturated carbocycles. The molecule has 0 aliphatic heterocycles. The summed E-state index contributed by atoms with van der Waals surface area (Å²) in [6.45, 7) is 0. The molecule has 0 aromatic carbocycles. The van der Waals surface area contributed by atoms with Gasteiger partial charge in [0.15, 0.2) is 0 Å². The minimum atomic E-state index is 1.11. The molecule has 0 aromatic rings. The normalized spacial score (nSPS) is 137. The maximum Gasteiger partial charge on any atom is -0.000728 e. The topological polar surface area (TPSA) is 0 Å². The summed E-state index contributed by atoms with van der Waals surface area (Å²) in [6.07, 6.45) is 7.29. The minimum absolute atomic E-state index is 1.11. The summed E-state index contributed by atoms with van der Waals surface area (Å²) < 4.78 is 0. The Morgan fingerprint density at radius 1 is 0.225 bits per heavy atom. The summed E-state index contributed by atoms with van der Waals surface area (Å²) in [5, 5.41) is 0. The molecule has 28 fully saturated rings. The second-order valence-corrected chi connectivity index (χ2v) is 25.6. The van der Waals surface area contributed by atoms with Gasteiger partial charge in [0.05, 0.1) is 0 Å². The van der Waals surface area contributed by atoms with Crippen LogP contribution in [0.25, 0.3) is 0 Å². The first-order valence-corrected chi connectivity index (χ1v) is 19.9. The first-order valence-electron chi connectivity index (χ1n) is 19.9. The van der Waals surface area contributed by atoms with Gasteiger partial charge >= 0.3 is 0 Å². The Morgan fingerprint density at radius 2 is 0.500 bits per heavy atom. The van der Waals surface area contributed by atoms with E-state index < -0.39 is 0 Å². The van der Waals surface area contributed by atoms with Gasteiger partial charge in [-0.05, 0) is 230 Å². The molecular weight excluding hydrogens is 480 g/mol. The molecule has 28 atom stereocenters. The van der Waals surface area contributed by atoms with Crippen LogP contribution in [-0.4, -0.2) is 0 Å². The van der Waals surface area contributed by atoms with Gasteiger partial charge in [0, 0.05) is 0 Å². The zero-order valence-corrected chi connectivity index (χ0v) is 22.2. The zero-order valence-electron chi connectivity index (χ0n) is 22.2. The van der Waals surface area contributed by atoms with Crippen molar-refractivity contribution in [2.45, 2.75) is 25.7 Å². The predicted molar refractivity (Wildman–Crippen MR) is 125 cm³/mol. The third-order valence-corrected chi connectivity index (χ3v) is 34.1. The number of hydrogen-bond donors (Lipinski definition) is 0. The van der Waals surface area contributed by atoms with E-state index in [1.165, 1.54) is 107 Å². The first-order chi connectivity index (χ1) is 19.9. The van der Waals surface area contributed by atoms with E-state index >= 15 is 0 Å². The summed E-state index contributed by atoms with van der Waals surface area (Å²) in [5.41, 5.74) is 20.3. The van der Waals surface area contributed by atoms with E-state index in [-0.39, 0.29) is 0 Å². The van der Waals surface area contributed by atoms with Crippen LogP contribution < -0.4 is 0 Å². The van der Waals surface area contributed by atoms with Gasteiger partial charge in [0.2, 0.25) is 0 Å². The second kappa shape index (κ2) is 2.04. The highest BCUT2D eigenvalue weighted by Gasteiger charge is 3.63. The van der Waals surface area contributed by atoms with Gasteiger partial charge in [-0.3, -0.25) is 0 Å². The lowest BCUT2D eigenvalue weighted by Crippen LogP contribution is -3.61.